The fourth-order valence-corrected chi connectivity index (χ4v) is 4.34. The number of aromatic amines is 1. The van der Waals surface area contributed by atoms with E-state index in [1.54, 1.807) is 13.1 Å². The van der Waals surface area contributed by atoms with Crippen molar-refractivity contribution in [2.24, 2.45) is 4.99 Å². The van der Waals surface area contributed by atoms with Gasteiger partial charge in [-0.1, -0.05) is 13.8 Å². The first kappa shape index (κ1) is 24.6. The average Bonchev–Trinajstić information content (AvgIpc) is 3.03. The number of halogens is 2. The molecule has 1 aromatic heterocycles. The third-order valence-electron chi connectivity index (χ3n) is 4.39. The zero-order valence-corrected chi connectivity index (χ0v) is 19.6. The molecule has 0 amide bonds. The van der Waals surface area contributed by atoms with Gasteiger partial charge in [-0.05, 0) is 30.2 Å². The Morgan fingerprint density at radius 3 is 2.54 bits per heavy atom. The number of fused-ring (bicyclic) bond motifs is 1. The van der Waals surface area contributed by atoms with E-state index in [1.807, 2.05) is 20.0 Å². The van der Waals surface area contributed by atoms with Gasteiger partial charge in [0, 0.05) is 50.3 Å². The Morgan fingerprint density at radius 2 is 1.89 bits per heavy atom. The zero-order chi connectivity index (χ0) is 19.9. The molecule has 0 unspecified atom stereocenters. The summed E-state index contributed by atoms with van der Waals surface area (Å²) in [7, 11) is -1.63. The first-order valence-electron chi connectivity index (χ1n) is 9.09. The normalized spacial score (nSPS) is 12.2. The minimum atomic E-state index is -3.26. The summed E-state index contributed by atoms with van der Waals surface area (Å²) >= 11 is 0. The fraction of sp³-hybridized carbons (Fsp3) is 0.500. The number of hydrogen-bond donors (Lipinski definition) is 3. The number of guanidine groups is 1. The molecular weight excluding hydrogens is 496 g/mol. The van der Waals surface area contributed by atoms with E-state index in [0.717, 1.165) is 16.5 Å². The third-order valence-corrected chi connectivity index (χ3v) is 6.41. The van der Waals surface area contributed by atoms with Crippen molar-refractivity contribution in [2.45, 2.75) is 20.3 Å². The van der Waals surface area contributed by atoms with E-state index < -0.39 is 10.0 Å². The molecule has 28 heavy (non-hydrogen) atoms. The number of H-pyrrole nitrogens is 1. The number of aromatic nitrogens is 1. The van der Waals surface area contributed by atoms with Gasteiger partial charge in [0.15, 0.2) is 5.96 Å². The average molecular weight is 525 g/mol. The van der Waals surface area contributed by atoms with E-state index in [4.69, 9.17) is 0 Å². The molecule has 0 aliphatic heterocycles. The lowest BCUT2D eigenvalue weighted by atomic mass is 10.1. The largest absolute Gasteiger partial charge is 0.361 e. The van der Waals surface area contributed by atoms with Crippen molar-refractivity contribution < 1.29 is 12.8 Å². The molecule has 158 valence electrons. The predicted octanol–water partition coefficient (Wildman–Crippen LogP) is 2.30. The molecule has 0 atom stereocenters. The molecule has 1 aromatic carbocycles. The van der Waals surface area contributed by atoms with Gasteiger partial charge < -0.3 is 15.6 Å². The maximum Gasteiger partial charge on any atom is 0.215 e. The van der Waals surface area contributed by atoms with Crippen LogP contribution in [0.4, 0.5) is 4.39 Å². The Labute approximate surface area is 183 Å². The number of nitrogens with zero attached hydrogens (tertiary/aromatic N) is 2. The molecule has 0 bridgehead atoms. The molecule has 0 saturated heterocycles. The highest BCUT2D eigenvalue weighted by atomic mass is 127. The maximum absolute atomic E-state index is 13.4. The Hall–Kier alpha value is -1.40. The van der Waals surface area contributed by atoms with E-state index in [1.165, 1.54) is 16.4 Å². The van der Waals surface area contributed by atoms with Crippen molar-refractivity contribution in [1.29, 1.82) is 0 Å². The fourth-order valence-electron chi connectivity index (χ4n) is 2.94. The summed E-state index contributed by atoms with van der Waals surface area (Å²) in [5.41, 5.74) is 1.91. The molecule has 0 fully saturated rings. The van der Waals surface area contributed by atoms with Crippen LogP contribution in [0.3, 0.4) is 0 Å². The van der Waals surface area contributed by atoms with Crippen LogP contribution in [-0.2, 0) is 16.4 Å². The highest BCUT2D eigenvalue weighted by Crippen LogP contribution is 2.19. The quantitative estimate of drug-likeness (QED) is 0.266. The molecule has 0 aliphatic carbocycles. The molecule has 0 radical (unpaired) electrons. The second-order valence-corrected chi connectivity index (χ2v) is 8.17. The second-order valence-electron chi connectivity index (χ2n) is 6.08. The molecule has 7 nitrogen and oxygen atoms in total. The van der Waals surface area contributed by atoms with Crippen molar-refractivity contribution in [1.82, 2.24) is 19.9 Å². The summed E-state index contributed by atoms with van der Waals surface area (Å²) in [4.78, 5) is 7.23. The Bertz CT molecular complexity index is 881. The van der Waals surface area contributed by atoms with Crippen LogP contribution in [0, 0.1) is 5.82 Å². The molecule has 0 aliphatic rings. The summed E-state index contributed by atoms with van der Waals surface area (Å²) in [5.74, 6) is 0.288. The predicted molar refractivity (Wildman–Crippen MR) is 123 cm³/mol. The molecule has 1 heterocycles. The number of sulfonamides is 1. The van der Waals surface area contributed by atoms with Gasteiger partial charge in [0.25, 0.3) is 0 Å². The summed E-state index contributed by atoms with van der Waals surface area (Å²) in [6.45, 7) is 5.45. The van der Waals surface area contributed by atoms with Crippen LogP contribution >= 0.6 is 24.0 Å². The number of benzene rings is 1. The van der Waals surface area contributed by atoms with Gasteiger partial charge in [0.1, 0.15) is 5.82 Å². The standard InChI is InChI=1S/C18H28FN5O2S.HI/c1-4-24(5-2)27(25,26)11-10-22-18(20-3)21-9-8-14-13-23-17-7-6-15(19)12-16(14)17;/h6-7,12-13,23H,4-5,8-11H2,1-3H3,(H2,20,21,22);1H. The van der Waals surface area contributed by atoms with E-state index in [-0.39, 0.29) is 42.1 Å². The minimum absolute atomic E-state index is 0. The van der Waals surface area contributed by atoms with Gasteiger partial charge >= 0.3 is 0 Å². The SMILES string of the molecule is CCN(CC)S(=O)(=O)CCNC(=NC)NCCc1c[nH]c2ccc(F)cc12.I. The van der Waals surface area contributed by atoms with Gasteiger partial charge in [-0.15, -0.1) is 24.0 Å². The topological polar surface area (TPSA) is 89.6 Å². The lowest BCUT2D eigenvalue weighted by molar-refractivity contribution is 0.445. The van der Waals surface area contributed by atoms with Crippen LogP contribution in [0.15, 0.2) is 29.4 Å². The van der Waals surface area contributed by atoms with Crippen LogP contribution < -0.4 is 10.6 Å². The van der Waals surface area contributed by atoms with Gasteiger partial charge in [-0.25, -0.2) is 17.1 Å². The van der Waals surface area contributed by atoms with Crippen molar-refractivity contribution in [3.63, 3.8) is 0 Å². The van der Waals surface area contributed by atoms with Gasteiger partial charge in [-0.3, -0.25) is 4.99 Å². The highest BCUT2D eigenvalue weighted by molar-refractivity contribution is 14.0. The molecule has 2 rings (SSSR count). The first-order valence-corrected chi connectivity index (χ1v) is 10.7. The lowest BCUT2D eigenvalue weighted by Gasteiger charge is -2.19. The minimum Gasteiger partial charge on any atom is -0.361 e. The van der Waals surface area contributed by atoms with Gasteiger partial charge in [-0.2, -0.15) is 0 Å². The van der Waals surface area contributed by atoms with Crippen LogP contribution in [-0.4, -0.2) is 62.6 Å². The van der Waals surface area contributed by atoms with Crippen molar-refractivity contribution >= 4 is 50.9 Å². The molecule has 0 saturated carbocycles. The number of aliphatic imine (C=N–C) groups is 1. The van der Waals surface area contributed by atoms with Crippen LogP contribution in [0.25, 0.3) is 10.9 Å². The zero-order valence-electron chi connectivity index (χ0n) is 16.5. The summed E-state index contributed by atoms with van der Waals surface area (Å²) in [6, 6.07) is 4.67. The third kappa shape index (κ3) is 6.59. The molecular formula is C18H29FIN5O2S. The monoisotopic (exact) mass is 525 g/mol. The highest BCUT2D eigenvalue weighted by Gasteiger charge is 2.18. The number of nitrogens with one attached hydrogen (secondary N) is 3. The van der Waals surface area contributed by atoms with Crippen LogP contribution in [0.2, 0.25) is 0 Å². The summed E-state index contributed by atoms with van der Waals surface area (Å²) in [6.07, 6.45) is 2.56. The molecule has 3 N–H and O–H groups in total. The Morgan fingerprint density at radius 1 is 1.21 bits per heavy atom. The van der Waals surface area contributed by atoms with E-state index in [0.29, 0.717) is 32.0 Å². The van der Waals surface area contributed by atoms with Crippen molar-refractivity contribution in [3.05, 3.63) is 35.8 Å². The van der Waals surface area contributed by atoms with E-state index in [9.17, 15) is 12.8 Å². The van der Waals surface area contributed by atoms with Gasteiger partial charge in [0.05, 0.1) is 5.75 Å². The van der Waals surface area contributed by atoms with Crippen molar-refractivity contribution in [2.75, 3.05) is 39.0 Å². The van der Waals surface area contributed by atoms with Crippen LogP contribution in [0.1, 0.15) is 19.4 Å². The maximum atomic E-state index is 13.4. The molecule has 0 spiro atoms. The Balaban J connectivity index is 0.00000392. The summed E-state index contributed by atoms with van der Waals surface area (Å²) in [5, 5.41) is 7.04. The molecule has 2 aromatic rings. The summed E-state index contributed by atoms with van der Waals surface area (Å²) < 4.78 is 39.2. The number of rotatable bonds is 9. The molecule has 10 heteroatoms. The van der Waals surface area contributed by atoms with E-state index >= 15 is 0 Å². The van der Waals surface area contributed by atoms with Crippen molar-refractivity contribution in [3.8, 4) is 0 Å². The van der Waals surface area contributed by atoms with Crippen LogP contribution in [0.5, 0.6) is 0 Å². The lowest BCUT2D eigenvalue weighted by Crippen LogP contribution is -2.42. The first-order chi connectivity index (χ1) is 12.9. The Kier molecular flexibility index (Phi) is 10.2. The number of hydrogen-bond acceptors (Lipinski definition) is 3. The van der Waals surface area contributed by atoms with E-state index in [2.05, 4.69) is 20.6 Å². The smallest absolute Gasteiger partial charge is 0.215 e. The second kappa shape index (κ2) is 11.6. The van der Waals surface area contributed by atoms with Gasteiger partial charge in [0.2, 0.25) is 10.0 Å².